The minimum Gasteiger partial charge on any atom is -0.459 e. The molecule has 0 spiro atoms. The summed E-state index contributed by atoms with van der Waals surface area (Å²) >= 11 is 1.80. The van der Waals surface area contributed by atoms with Gasteiger partial charge in [0.25, 0.3) is 0 Å². The fraction of sp³-hybridized carbons (Fsp3) is 0.960. The number of quaternary nitrogens is 1. The quantitative estimate of drug-likeness (QED) is 0.0800. The monoisotopic (exact) mass is 508 g/mol. The van der Waals surface area contributed by atoms with Crippen LogP contribution in [0.3, 0.4) is 0 Å². The zero-order valence-electron chi connectivity index (χ0n) is 23.0. The normalized spacial score (nSPS) is 12.8. The van der Waals surface area contributed by atoms with Gasteiger partial charge in [-0.05, 0) is 45.3 Å². The lowest BCUT2D eigenvalue weighted by molar-refractivity contribution is -0.870. The van der Waals surface area contributed by atoms with E-state index in [2.05, 4.69) is 41.9 Å². The van der Waals surface area contributed by atoms with Crippen LogP contribution in [0.2, 0.25) is 6.04 Å². The fourth-order valence-corrected chi connectivity index (χ4v) is 6.88. The van der Waals surface area contributed by atoms with Crippen LogP contribution in [0.4, 0.5) is 0 Å². The zero-order chi connectivity index (χ0) is 25.2. The van der Waals surface area contributed by atoms with Crippen molar-refractivity contribution in [3.05, 3.63) is 0 Å². The van der Waals surface area contributed by atoms with Crippen LogP contribution in [0.15, 0.2) is 0 Å². The van der Waals surface area contributed by atoms with Crippen molar-refractivity contribution in [3.8, 4) is 0 Å². The molecular formula is C25H54NO5SSi+. The molecule has 6 nitrogen and oxygen atoms in total. The summed E-state index contributed by atoms with van der Waals surface area (Å²) in [5, 5.41) is 0. The molecule has 0 heterocycles. The maximum atomic E-state index is 12.5. The van der Waals surface area contributed by atoms with E-state index in [-0.39, 0.29) is 5.97 Å². The molecule has 0 aliphatic carbocycles. The first-order valence-electron chi connectivity index (χ1n) is 13.0. The summed E-state index contributed by atoms with van der Waals surface area (Å²) in [4.78, 5) is 12.5. The van der Waals surface area contributed by atoms with Gasteiger partial charge in [-0.2, -0.15) is 11.8 Å². The minimum absolute atomic E-state index is 0.110. The van der Waals surface area contributed by atoms with Crippen molar-refractivity contribution in [2.45, 2.75) is 85.6 Å². The molecule has 198 valence electrons. The maximum absolute atomic E-state index is 12.5. The third-order valence-corrected chi connectivity index (χ3v) is 9.64. The Kier molecular flexibility index (Phi) is 18.1. The van der Waals surface area contributed by atoms with E-state index in [1.165, 1.54) is 0 Å². The largest absolute Gasteiger partial charge is 0.500 e. The van der Waals surface area contributed by atoms with Gasteiger partial charge >= 0.3 is 14.8 Å². The van der Waals surface area contributed by atoms with Crippen molar-refractivity contribution in [3.63, 3.8) is 0 Å². The molecule has 0 saturated carbocycles. The van der Waals surface area contributed by atoms with E-state index < -0.39 is 14.2 Å². The van der Waals surface area contributed by atoms with Crippen molar-refractivity contribution in [1.82, 2.24) is 0 Å². The number of thioether (sulfide) groups is 1. The SMILES string of the molecule is CCCCO[Si](CCCSCC(C)(C)C(=O)OCC[N+](C)(C)C)(OCCCC)OCCCC. The highest BCUT2D eigenvalue weighted by Gasteiger charge is 2.40. The van der Waals surface area contributed by atoms with Gasteiger partial charge in [-0.15, -0.1) is 0 Å². The lowest BCUT2D eigenvalue weighted by Crippen LogP contribution is -2.46. The van der Waals surface area contributed by atoms with E-state index in [0.717, 1.165) is 73.5 Å². The summed E-state index contributed by atoms with van der Waals surface area (Å²) in [6.45, 7) is 13.9. The molecule has 0 aromatic heterocycles. The number of esters is 1. The smallest absolute Gasteiger partial charge is 0.459 e. The lowest BCUT2D eigenvalue weighted by Gasteiger charge is -2.30. The van der Waals surface area contributed by atoms with Crippen LogP contribution < -0.4 is 0 Å². The standard InChI is InChI=1S/C25H54NO5SSi/c1-9-12-17-29-33(30-18-13-10-2,31-19-14-11-3)22-15-21-32-23-25(4,5)24(27)28-20-16-26(6,7)8/h9-23H2,1-8H3/q+1. The molecule has 0 amide bonds. The first-order chi connectivity index (χ1) is 15.5. The average molecular weight is 509 g/mol. The van der Waals surface area contributed by atoms with Crippen LogP contribution in [-0.2, 0) is 22.8 Å². The van der Waals surface area contributed by atoms with E-state index >= 15 is 0 Å². The highest BCUT2D eigenvalue weighted by molar-refractivity contribution is 7.99. The molecule has 0 bridgehead atoms. The molecule has 0 unspecified atom stereocenters. The van der Waals surface area contributed by atoms with Gasteiger partial charge in [0, 0.05) is 31.6 Å². The second-order valence-electron chi connectivity index (χ2n) is 10.5. The summed E-state index contributed by atoms with van der Waals surface area (Å²) in [6, 6.07) is 0.839. The van der Waals surface area contributed by atoms with E-state index in [1.807, 2.05) is 13.8 Å². The summed E-state index contributed by atoms with van der Waals surface area (Å²) in [6.07, 6.45) is 7.36. The van der Waals surface area contributed by atoms with Gasteiger partial charge < -0.3 is 22.5 Å². The minimum atomic E-state index is -2.67. The van der Waals surface area contributed by atoms with E-state index in [1.54, 1.807) is 11.8 Å². The van der Waals surface area contributed by atoms with Crippen LogP contribution in [0, 0.1) is 5.41 Å². The number of unbranched alkanes of at least 4 members (excludes halogenated alkanes) is 3. The Bertz CT molecular complexity index is 473. The van der Waals surface area contributed by atoms with Crippen molar-refractivity contribution >= 4 is 26.5 Å². The number of carbonyl (C=O) groups is 1. The number of nitrogens with zero attached hydrogens (tertiary/aromatic N) is 1. The Labute approximate surface area is 210 Å². The summed E-state index contributed by atoms with van der Waals surface area (Å²) in [5.74, 6) is 1.59. The van der Waals surface area contributed by atoms with Gasteiger partial charge in [-0.25, -0.2) is 0 Å². The summed E-state index contributed by atoms with van der Waals surface area (Å²) < 4.78 is 25.3. The molecule has 0 aromatic carbocycles. The van der Waals surface area contributed by atoms with Gasteiger partial charge in [-0.1, -0.05) is 40.0 Å². The highest BCUT2D eigenvalue weighted by atomic mass is 32.2. The van der Waals surface area contributed by atoms with Crippen molar-refractivity contribution in [2.24, 2.45) is 5.41 Å². The third kappa shape index (κ3) is 17.0. The summed E-state index contributed by atoms with van der Waals surface area (Å²) in [7, 11) is 3.63. The number of hydrogen-bond donors (Lipinski definition) is 0. The molecule has 0 saturated heterocycles. The second-order valence-corrected chi connectivity index (χ2v) is 14.3. The molecule has 0 aliphatic rings. The molecule has 0 aliphatic heterocycles. The molecular weight excluding hydrogens is 454 g/mol. The Morgan fingerprint density at radius 2 is 1.30 bits per heavy atom. The first kappa shape index (κ1) is 32.9. The van der Waals surface area contributed by atoms with Crippen LogP contribution in [0.1, 0.15) is 79.6 Å². The zero-order valence-corrected chi connectivity index (χ0v) is 24.8. The number of ether oxygens (including phenoxy) is 1. The molecule has 0 N–H and O–H groups in total. The first-order valence-corrected chi connectivity index (χ1v) is 16.1. The predicted octanol–water partition coefficient (Wildman–Crippen LogP) is 5.77. The van der Waals surface area contributed by atoms with Crippen LogP contribution in [-0.4, -0.2) is 84.9 Å². The lowest BCUT2D eigenvalue weighted by atomic mass is 9.97. The van der Waals surface area contributed by atoms with E-state index in [4.69, 9.17) is 18.0 Å². The van der Waals surface area contributed by atoms with Gasteiger partial charge in [0.1, 0.15) is 13.2 Å². The number of likely N-dealkylation sites (N-methyl/N-ethyl adjacent to an activating group) is 1. The number of hydrogen-bond acceptors (Lipinski definition) is 6. The average Bonchev–Trinajstić information content (AvgIpc) is 2.73. The Morgan fingerprint density at radius 1 is 0.818 bits per heavy atom. The van der Waals surface area contributed by atoms with Crippen LogP contribution in [0.25, 0.3) is 0 Å². The predicted molar refractivity (Wildman–Crippen MR) is 143 cm³/mol. The van der Waals surface area contributed by atoms with Gasteiger partial charge in [0.05, 0.1) is 26.6 Å². The maximum Gasteiger partial charge on any atom is 0.500 e. The van der Waals surface area contributed by atoms with E-state index in [9.17, 15) is 4.79 Å². The molecule has 0 atom stereocenters. The highest BCUT2D eigenvalue weighted by Crippen LogP contribution is 2.26. The Balaban J connectivity index is 4.68. The van der Waals surface area contributed by atoms with E-state index in [0.29, 0.717) is 26.4 Å². The topological polar surface area (TPSA) is 54.0 Å². The number of rotatable bonds is 22. The fourth-order valence-electron chi connectivity index (χ4n) is 2.84. The van der Waals surface area contributed by atoms with Gasteiger partial charge in [-0.3, -0.25) is 4.79 Å². The molecule has 8 heteroatoms. The van der Waals surface area contributed by atoms with Gasteiger partial charge in [0.2, 0.25) is 0 Å². The van der Waals surface area contributed by atoms with Gasteiger partial charge in [0.15, 0.2) is 0 Å². The van der Waals surface area contributed by atoms with Crippen molar-refractivity contribution in [2.75, 3.05) is 65.6 Å². The van der Waals surface area contributed by atoms with Crippen LogP contribution in [0.5, 0.6) is 0 Å². The third-order valence-electron chi connectivity index (χ3n) is 5.24. The molecule has 0 rings (SSSR count). The molecule has 0 radical (unpaired) electrons. The van der Waals surface area contributed by atoms with Crippen LogP contribution >= 0.6 is 11.8 Å². The van der Waals surface area contributed by atoms with Crippen molar-refractivity contribution < 1.29 is 27.3 Å². The number of carbonyl (C=O) groups excluding carboxylic acids is 1. The summed E-state index contributed by atoms with van der Waals surface area (Å²) in [5.41, 5.74) is -0.489. The molecule has 0 aromatic rings. The molecule has 33 heavy (non-hydrogen) atoms. The Hall–Kier alpha value is -0.123. The molecule has 0 fully saturated rings. The van der Waals surface area contributed by atoms with Crippen molar-refractivity contribution in [1.29, 1.82) is 0 Å². The Morgan fingerprint density at radius 3 is 1.73 bits per heavy atom. The second kappa shape index (κ2) is 18.2.